The highest BCUT2D eigenvalue weighted by molar-refractivity contribution is 7.89. The Morgan fingerprint density at radius 2 is 2.10 bits per heavy atom. The van der Waals surface area contributed by atoms with Crippen molar-refractivity contribution < 1.29 is 12.8 Å². The normalized spacial score (nSPS) is 27.3. The van der Waals surface area contributed by atoms with Crippen LogP contribution in [0.5, 0.6) is 0 Å². The second-order valence-electron chi connectivity index (χ2n) is 5.60. The van der Waals surface area contributed by atoms with Gasteiger partial charge in [-0.3, -0.25) is 0 Å². The van der Waals surface area contributed by atoms with E-state index in [1.165, 1.54) is 10.4 Å². The maximum Gasteiger partial charge on any atom is 0.244 e. The van der Waals surface area contributed by atoms with Crippen molar-refractivity contribution in [3.8, 4) is 0 Å². The minimum atomic E-state index is -3.68. The summed E-state index contributed by atoms with van der Waals surface area (Å²) in [5, 5.41) is 3.32. The molecule has 1 aromatic carbocycles. The molecule has 2 saturated heterocycles. The molecule has 2 atom stereocenters. The number of nitrogens with one attached hydrogen (secondary N) is 1. The van der Waals surface area contributed by atoms with Crippen molar-refractivity contribution in [1.29, 1.82) is 0 Å². The van der Waals surface area contributed by atoms with Gasteiger partial charge in [-0.1, -0.05) is 11.6 Å². The minimum absolute atomic E-state index is 0.00420. The Morgan fingerprint density at radius 3 is 2.76 bits per heavy atom. The SMILES string of the molecule is O=S(=O)(c1ccc(F)cc1Cl)N1CCCC1C1CCCN1. The van der Waals surface area contributed by atoms with Crippen molar-refractivity contribution in [3.63, 3.8) is 0 Å². The zero-order valence-corrected chi connectivity index (χ0v) is 13.1. The zero-order valence-electron chi connectivity index (χ0n) is 11.6. The van der Waals surface area contributed by atoms with Gasteiger partial charge in [-0.05, 0) is 50.4 Å². The van der Waals surface area contributed by atoms with Crippen LogP contribution in [0.2, 0.25) is 5.02 Å². The first kappa shape index (κ1) is 15.2. The Kier molecular flexibility index (Phi) is 4.23. The van der Waals surface area contributed by atoms with E-state index >= 15 is 0 Å². The number of nitrogens with zero attached hydrogens (tertiary/aromatic N) is 1. The lowest BCUT2D eigenvalue weighted by Crippen LogP contribution is -2.46. The third-order valence-electron chi connectivity index (χ3n) is 4.29. The first-order chi connectivity index (χ1) is 10.00. The third-order valence-corrected chi connectivity index (χ3v) is 6.70. The van der Waals surface area contributed by atoms with Gasteiger partial charge in [0.2, 0.25) is 10.0 Å². The van der Waals surface area contributed by atoms with Crippen LogP contribution in [0.25, 0.3) is 0 Å². The molecule has 1 N–H and O–H groups in total. The Morgan fingerprint density at radius 1 is 1.29 bits per heavy atom. The van der Waals surface area contributed by atoms with Crippen molar-refractivity contribution >= 4 is 21.6 Å². The van der Waals surface area contributed by atoms with E-state index in [1.54, 1.807) is 0 Å². The summed E-state index contributed by atoms with van der Waals surface area (Å²) in [5.74, 6) is -0.533. The number of halogens is 2. The number of hydrogen-bond donors (Lipinski definition) is 1. The Bertz CT molecular complexity index is 632. The predicted octanol–water partition coefficient (Wildman–Crippen LogP) is 2.38. The molecule has 2 aliphatic rings. The van der Waals surface area contributed by atoms with Crippen molar-refractivity contribution in [2.24, 2.45) is 0 Å². The topological polar surface area (TPSA) is 49.4 Å². The molecule has 0 radical (unpaired) electrons. The molecule has 7 heteroatoms. The summed E-state index contributed by atoms with van der Waals surface area (Å²) in [6.45, 7) is 1.44. The summed E-state index contributed by atoms with van der Waals surface area (Å²) in [6.07, 6.45) is 3.77. The van der Waals surface area contributed by atoms with E-state index in [9.17, 15) is 12.8 Å². The highest BCUT2D eigenvalue weighted by Crippen LogP contribution is 2.33. The molecular formula is C14H18ClFN2O2S. The van der Waals surface area contributed by atoms with Crippen LogP contribution in [0, 0.1) is 5.82 Å². The number of rotatable bonds is 3. The molecule has 1 aromatic rings. The van der Waals surface area contributed by atoms with Gasteiger partial charge in [0, 0.05) is 18.6 Å². The first-order valence-electron chi connectivity index (χ1n) is 7.20. The molecule has 2 aliphatic heterocycles. The number of benzene rings is 1. The molecule has 0 bridgehead atoms. The minimum Gasteiger partial charge on any atom is -0.312 e. The standard InChI is InChI=1S/C14H18ClFN2O2S/c15-11-9-10(16)5-6-14(11)21(19,20)18-8-2-4-13(18)12-3-1-7-17-12/h5-6,9,12-13,17H,1-4,7-8H2. The van der Waals surface area contributed by atoms with Gasteiger partial charge in [-0.15, -0.1) is 0 Å². The molecule has 3 rings (SSSR count). The van der Waals surface area contributed by atoms with E-state index in [2.05, 4.69) is 5.32 Å². The van der Waals surface area contributed by atoms with Crippen LogP contribution in [0.4, 0.5) is 4.39 Å². The summed E-state index contributed by atoms with van der Waals surface area (Å²) in [5.41, 5.74) is 0. The quantitative estimate of drug-likeness (QED) is 0.924. The van der Waals surface area contributed by atoms with Gasteiger partial charge < -0.3 is 5.32 Å². The van der Waals surface area contributed by atoms with E-state index in [-0.39, 0.29) is 22.0 Å². The Balaban J connectivity index is 1.93. The second kappa shape index (κ2) is 5.83. The molecule has 2 fully saturated rings. The van der Waals surface area contributed by atoms with Gasteiger partial charge in [0.05, 0.1) is 5.02 Å². The fraction of sp³-hybridized carbons (Fsp3) is 0.571. The molecule has 0 amide bonds. The molecular weight excluding hydrogens is 315 g/mol. The van der Waals surface area contributed by atoms with Gasteiger partial charge in [-0.2, -0.15) is 4.31 Å². The molecule has 116 valence electrons. The predicted molar refractivity (Wildman–Crippen MR) is 79.3 cm³/mol. The van der Waals surface area contributed by atoms with Crippen molar-refractivity contribution in [3.05, 3.63) is 29.0 Å². The molecule has 0 spiro atoms. The Hall–Kier alpha value is -0.690. The fourth-order valence-electron chi connectivity index (χ4n) is 3.32. The van der Waals surface area contributed by atoms with Crippen LogP contribution in [-0.2, 0) is 10.0 Å². The van der Waals surface area contributed by atoms with E-state index in [1.807, 2.05) is 0 Å². The van der Waals surface area contributed by atoms with E-state index in [0.717, 1.165) is 44.4 Å². The molecule has 0 aliphatic carbocycles. The first-order valence-corrected chi connectivity index (χ1v) is 9.02. The Labute approximate surface area is 129 Å². The van der Waals surface area contributed by atoms with E-state index < -0.39 is 15.8 Å². The van der Waals surface area contributed by atoms with E-state index in [4.69, 9.17) is 11.6 Å². The van der Waals surface area contributed by atoms with Crippen LogP contribution in [0.3, 0.4) is 0 Å². The van der Waals surface area contributed by atoms with Crippen molar-refractivity contribution in [2.45, 2.75) is 42.7 Å². The number of sulfonamides is 1. The van der Waals surface area contributed by atoms with Crippen LogP contribution < -0.4 is 5.32 Å². The lowest BCUT2D eigenvalue weighted by atomic mass is 10.1. The maximum absolute atomic E-state index is 13.1. The average Bonchev–Trinajstić information content (AvgIpc) is 3.09. The average molecular weight is 333 g/mol. The lowest BCUT2D eigenvalue weighted by molar-refractivity contribution is 0.322. The number of hydrogen-bond acceptors (Lipinski definition) is 3. The van der Waals surface area contributed by atoms with Crippen LogP contribution in [-0.4, -0.2) is 37.9 Å². The monoisotopic (exact) mass is 332 g/mol. The van der Waals surface area contributed by atoms with Gasteiger partial charge in [0.25, 0.3) is 0 Å². The van der Waals surface area contributed by atoms with Gasteiger partial charge in [0.15, 0.2) is 0 Å². The molecule has 0 saturated carbocycles. The molecule has 2 heterocycles. The van der Waals surface area contributed by atoms with Gasteiger partial charge in [0.1, 0.15) is 10.7 Å². The summed E-state index contributed by atoms with van der Waals surface area (Å²) in [7, 11) is -3.68. The van der Waals surface area contributed by atoms with Crippen LogP contribution in [0.1, 0.15) is 25.7 Å². The highest BCUT2D eigenvalue weighted by Gasteiger charge is 2.40. The molecule has 4 nitrogen and oxygen atoms in total. The van der Waals surface area contributed by atoms with Gasteiger partial charge >= 0.3 is 0 Å². The van der Waals surface area contributed by atoms with Crippen molar-refractivity contribution in [2.75, 3.05) is 13.1 Å². The fourth-order valence-corrected chi connectivity index (χ4v) is 5.55. The molecule has 21 heavy (non-hydrogen) atoms. The van der Waals surface area contributed by atoms with Crippen LogP contribution in [0.15, 0.2) is 23.1 Å². The molecule has 0 aromatic heterocycles. The maximum atomic E-state index is 13.1. The smallest absolute Gasteiger partial charge is 0.244 e. The summed E-state index contributed by atoms with van der Waals surface area (Å²) < 4.78 is 40.3. The lowest BCUT2D eigenvalue weighted by Gasteiger charge is -2.29. The molecule has 2 unspecified atom stereocenters. The third kappa shape index (κ3) is 2.82. The van der Waals surface area contributed by atoms with Gasteiger partial charge in [-0.25, -0.2) is 12.8 Å². The summed E-state index contributed by atoms with van der Waals surface area (Å²) in [6, 6.07) is 3.62. The van der Waals surface area contributed by atoms with E-state index in [0.29, 0.717) is 6.54 Å². The second-order valence-corrected chi connectivity index (χ2v) is 7.87. The van der Waals surface area contributed by atoms with Crippen LogP contribution >= 0.6 is 11.6 Å². The highest BCUT2D eigenvalue weighted by atomic mass is 35.5. The largest absolute Gasteiger partial charge is 0.312 e. The summed E-state index contributed by atoms with van der Waals surface area (Å²) >= 11 is 5.94. The summed E-state index contributed by atoms with van der Waals surface area (Å²) in [4.78, 5) is -0.00420. The zero-order chi connectivity index (χ0) is 15.0. The van der Waals surface area contributed by atoms with Crippen molar-refractivity contribution in [1.82, 2.24) is 9.62 Å².